The first-order chi connectivity index (χ1) is 7.30. The van der Waals surface area contributed by atoms with Gasteiger partial charge < -0.3 is 5.32 Å². The SMILES string of the molecule is CCCC(CC)NCc1csc(CC)n1. The van der Waals surface area contributed by atoms with Gasteiger partial charge in [0.2, 0.25) is 0 Å². The summed E-state index contributed by atoms with van der Waals surface area (Å²) < 4.78 is 0. The summed E-state index contributed by atoms with van der Waals surface area (Å²) in [6.45, 7) is 7.56. The summed E-state index contributed by atoms with van der Waals surface area (Å²) in [6.07, 6.45) is 4.78. The second kappa shape index (κ2) is 6.96. The number of aromatic nitrogens is 1. The van der Waals surface area contributed by atoms with Crippen molar-refractivity contribution in [1.82, 2.24) is 10.3 Å². The fourth-order valence-electron chi connectivity index (χ4n) is 1.64. The third kappa shape index (κ3) is 4.31. The topological polar surface area (TPSA) is 24.9 Å². The zero-order valence-electron chi connectivity index (χ0n) is 10.0. The molecule has 0 spiro atoms. The van der Waals surface area contributed by atoms with Crippen LogP contribution in [0.15, 0.2) is 5.38 Å². The van der Waals surface area contributed by atoms with E-state index in [1.54, 1.807) is 11.3 Å². The Kier molecular flexibility index (Phi) is 5.88. The molecule has 0 aliphatic carbocycles. The fraction of sp³-hybridized carbons (Fsp3) is 0.750. The molecule has 0 radical (unpaired) electrons. The predicted molar refractivity (Wildman–Crippen MR) is 67.3 cm³/mol. The van der Waals surface area contributed by atoms with Crippen LogP contribution in [-0.4, -0.2) is 11.0 Å². The molecule has 0 saturated heterocycles. The first-order valence-electron chi connectivity index (χ1n) is 5.96. The summed E-state index contributed by atoms with van der Waals surface area (Å²) in [5.41, 5.74) is 1.20. The second-order valence-electron chi connectivity index (χ2n) is 3.86. The molecule has 86 valence electrons. The van der Waals surface area contributed by atoms with Crippen molar-refractivity contribution in [3.05, 3.63) is 16.1 Å². The van der Waals surface area contributed by atoms with Gasteiger partial charge in [-0.15, -0.1) is 11.3 Å². The molecule has 1 N–H and O–H groups in total. The summed E-state index contributed by atoms with van der Waals surface area (Å²) >= 11 is 1.77. The Morgan fingerprint density at radius 2 is 2.20 bits per heavy atom. The number of hydrogen-bond acceptors (Lipinski definition) is 3. The van der Waals surface area contributed by atoms with E-state index < -0.39 is 0 Å². The van der Waals surface area contributed by atoms with Crippen LogP contribution in [0.3, 0.4) is 0 Å². The van der Waals surface area contributed by atoms with Gasteiger partial charge in [-0.05, 0) is 19.3 Å². The maximum absolute atomic E-state index is 4.55. The van der Waals surface area contributed by atoms with Crippen LogP contribution < -0.4 is 5.32 Å². The van der Waals surface area contributed by atoms with Crippen molar-refractivity contribution in [2.45, 2.75) is 59.0 Å². The van der Waals surface area contributed by atoms with Gasteiger partial charge in [-0.3, -0.25) is 0 Å². The first kappa shape index (κ1) is 12.7. The Bertz CT molecular complexity index is 270. The molecule has 15 heavy (non-hydrogen) atoms. The smallest absolute Gasteiger partial charge is 0.0926 e. The molecule has 1 atom stereocenters. The first-order valence-corrected chi connectivity index (χ1v) is 6.84. The molecular formula is C12H22N2S. The molecule has 1 aromatic heterocycles. The molecule has 0 bridgehead atoms. The van der Waals surface area contributed by atoms with E-state index in [-0.39, 0.29) is 0 Å². The van der Waals surface area contributed by atoms with Crippen LogP contribution in [0, 0.1) is 0 Å². The highest BCUT2D eigenvalue weighted by Gasteiger charge is 2.05. The number of nitrogens with one attached hydrogen (secondary N) is 1. The van der Waals surface area contributed by atoms with E-state index in [0.717, 1.165) is 13.0 Å². The van der Waals surface area contributed by atoms with Crippen LogP contribution >= 0.6 is 11.3 Å². The van der Waals surface area contributed by atoms with E-state index in [0.29, 0.717) is 6.04 Å². The fourth-order valence-corrected chi connectivity index (χ4v) is 2.39. The standard InChI is InChI=1S/C12H22N2S/c1-4-7-10(5-2)13-8-11-9-15-12(6-3)14-11/h9-10,13H,4-8H2,1-3H3. The Labute approximate surface area is 97.1 Å². The van der Waals surface area contributed by atoms with Crippen LogP contribution in [0.1, 0.15) is 50.7 Å². The molecule has 0 amide bonds. The number of thiazole rings is 1. The van der Waals surface area contributed by atoms with E-state index in [2.05, 4.69) is 36.5 Å². The second-order valence-corrected chi connectivity index (χ2v) is 4.80. The molecule has 0 aliphatic heterocycles. The molecule has 0 aromatic carbocycles. The Morgan fingerprint density at radius 1 is 1.40 bits per heavy atom. The third-order valence-electron chi connectivity index (χ3n) is 2.60. The van der Waals surface area contributed by atoms with Crippen molar-refractivity contribution in [1.29, 1.82) is 0 Å². The predicted octanol–water partition coefficient (Wildman–Crippen LogP) is 3.37. The lowest BCUT2D eigenvalue weighted by Crippen LogP contribution is -2.27. The largest absolute Gasteiger partial charge is 0.308 e. The zero-order valence-corrected chi connectivity index (χ0v) is 10.9. The van der Waals surface area contributed by atoms with Crippen molar-refractivity contribution >= 4 is 11.3 Å². The third-order valence-corrected chi connectivity index (χ3v) is 3.65. The van der Waals surface area contributed by atoms with Gasteiger partial charge in [-0.2, -0.15) is 0 Å². The maximum atomic E-state index is 4.55. The van der Waals surface area contributed by atoms with Crippen molar-refractivity contribution in [2.75, 3.05) is 0 Å². The van der Waals surface area contributed by atoms with Gasteiger partial charge in [-0.1, -0.05) is 27.2 Å². The summed E-state index contributed by atoms with van der Waals surface area (Å²) in [5.74, 6) is 0. The number of nitrogens with zero attached hydrogens (tertiary/aromatic N) is 1. The van der Waals surface area contributed by atoms with Gasteiger partial charge in [0.05, 0.1) is 10.7 Å². The van der Waals surface area contributed by atoms with Gasteiger partial charge >= 0.3 is 0 Å². The molecule has 1 aromatic rings. The van der Waals surface area contributed by atoms with Crippen LogP contribution in [0.25, 0.3) is 0 Å². The quantitative estimate of drug-likeness (QED) is 0.771. The highest BCUT2D eigenvalue weighted by atomic mass is 32.1. The molecule has 1 rings (SSSR count). The molecule has 2 nitrogen and oxygen atoms in total. The van der Waals surface area contributed by atoms with E-state index in [9.17, 15) is 0 Å². The maximum Gasteiger partial charge on any atom is 0.0926 e. The van der Waals surface area contributed by atoms with E-state index >= 15 is 0 Å². The summed E-state index contributed by atoms with van der Waals surface area (Å²) in [5, 5.41) is 6.99. The molecule has 1 unspecified atom stereocenters. The van der Waals surface area contributed by atoms with Crippen molar-refractivity contribution < 1.29 is 0 Å². The lowest BCUT2D eigenvalue weighted by Gasteiger charge is -2.14. The number of aryl methyl sites for hydroxylation is 1. The molecule has 0 aliphatic rings. The zero-order chi connectivity index (χ0) is 11.1. The van der Waals surface area contributed by atoms with Gasteiger partial charge in [0, 0.05) is 18.0 Å². The molecule has 0 saturated carbocycles. The molecule has 0 fully saturated rings. The normalized spacial score (nSPS) is 13.0. The molecular weight excluding hydrogens is 204 g/mol. The average molecular weight is 226 g/mol. The van der Waals surface area contributed by atoms with E-state index in [1.165, 1.54) is 30.0 Å². The van der Waals surface area contributed by atoms with Gasteiger partial charge in [0.25, 0.3) is 0 Å². The van der Waals surface area contributed by atoms with Crippen LogP contribution in [0.2, 0.25) is 0 Å². The molecule has 3 heteroatoms. The minimum Gasteiger partial charge on any atom is -0.308 e. The Balaban J connectivity index is 2.34. The van der Waals surface area contributed by atoms with Gasteiger partial charge in [-0.25, -0.2) is 4.98 Å². The van der Waals surface area contributed by atoms with E-state index in [4.69, 9.17) is 0 Å². The highest BCUT2D eigenvalue weighted by molar-refractivity contribution is 7.09. The van der Waals surface area contributed by atoms with E-state index in [1.807, 2.05) is 0 Å². The average Bonchev–Trinajstić information content (AvgIpc) is 2.72. The van der Waals surface area contributed by atoms with Crippen molar-refractivity contribution in [3.8, 4) is 0 Å². The van der Waals surface area contributed by atoms with Crippen LogP contribution in [-0.2, 0) is 13.0 Å². The Hall–Kier alpha value is -0.410. The van der Waals surface area contributed by atoms with Crippen molar-refractivity contribution in [2.24, 2.45) is 0 Å². The summed E-state index contributed by atoms with van der Waals surface area (Å²) in [7, 11) is 0. The summed E-state index contributed by atoms with van der Waals surface area (Å²) in [6, 6.07) is 0.654. The number of hydrogen-bond donors (Lipinski definition) is 1. The minimum atomic E-state index is 0.654. The number of rotatable bonds is 7. The Morgan fingerprint density at radius 3 is 2.73 bits per heavy atom. The monoisotopic (exact) mass is 226 g/mol. The van der Waals surface area contributed by atoms with Crippen LogP contribution in [0.4, 0.5) is 0 Å². The van der Waals surface area contributed by atoms with Gasteiger partial charge in [0.1, 0.15) is 0 Å². The highest BCUT2D eigenvalue weighted by Crippen LogP contribution is 2.10. The van der Waals surface area contributed by atoms with Crippen LogP contribution in [0.5, 0.6) is 0 Å². The lowest BCUT2D eigenvalue weighted by atomic mass is 10.1. The molecule has 1 heterocycles. The lowest BCUT2D eigenvalue weighted by molar-refractivity contribution is 0.460. The minimum absolute atomic E-state index is 0.654. The van der Waals surface area contributed by atoms with Crippen molar-refractivity contribution in [3.63, 3.8) is 0 Å². The van der Waals surface area contributed by atoms with Gasteiger partial charge in [0.15, 0.2) is 0 Å². The summed E-state index contributed by atoms with van der Waals surface area (Å²) in [4.78, 5) is 4.55.